The van der Waals surface area contributed by atoms with Gasteiger partial charge in [-0.05, 0) is 19.4 Å². The maximum atomic E-state index is 12.0. The van der Waals surface area contributed by atoms with Crippen LogP contribution in [0.1, 0.15) is 32.0 Å². The minimum Gasteiger partial charge on any atom is -0.342 e. The van der Waals surface area contributed by atoms with Gasteiger partial charge in [-0.25, -0.2) is 4.98 Å². The number of benzene rings is 1. The number of rotatable bonds is 3. The van der Waals surface area contributed by atoms with Gasteiger partial charge in [-0.15, -0.1) is 0 Å². The summed E-state index contributed by atoms with van der Waals surface area (Å²) in [6.45, 7) is 4.87. The SMILES string of the molecule is CC(C)N1CC(c2ncc(-c3ccccc3)[nH]2)CC1=O. The molecule has 1 fully saturated rings. The average Bonchev–Trinajstić information content (AvgIpc) is 3.06. The van der Waals surface area contributed by atoms with Gasteiger partial charge in [0.05, 0.1) is 11.9 Å². The maximum Gasteiger partial charge on any atom is 0.223 e. The standard InChI is InChI=1S/C16H19N3O/c1-11(2)19-10-13(8-15(19)20)16-17-9-14(18-16)12-6-4-3-5-7-12/h3-7,9,11,13H,8,10H2,1-2H3,(H,17,18). The van der Waals surface area contributed by atoms with Gasteiger partial charge in [-0.2, -0.15) is 0 Å². The van der Waals surface area contributed by atoms with Crippen LogP contribution in [0.15, 0.2) is 36.5 Å². The lowest BCUT2D eigenvalue weighted by Crippen LogP contribution is -2.31. The van der Waals surface area contributed by atoms with E-state index in [1.807, 2.05) is 29.3 Å². The zero-order chi connectivity index (χ0) is 14.1. The van der Waals surface area contributed by atoms with E-state index in [0.29, 0.717) is 6.42 Å². The van der Waals surface area contributed by atoms with E-state index in [1.165, 1.54) is 0 Å². The predicted octanol–water partition coefficient (Wildman–Crippen LogP) is 2.80. The van der Waals surface area contributed by atoms with E-state index in [0.717, 1.165) is 23.6 Å². The molecule has 3 rings (SSSR count). The molecule has 0 spiro atoms. The van der Waals surface area contributed by atoms with Gasteiger partial charge in [0.1, 0.15) is 5.82 Å². The third-order valence-electron chi connectivity index (χ3n) is 3.85. The Bertz CT molecular complexity index is 603. The molecule has 1 aliphatic rings. The molecule has 104 valence electrons. The van der Waals surface area contributed by atoms with Crippen molar-refractivity contribution in [1.82, 2.24) is 14.9 Å². The molecule has 0 saturated carbocycles. The van der Waals surface area contributed by atoms with Crippen LogP contribution in [0.4, 0.5) is 0 Å². The summed E-state index contributed by atoms with van der Waals surface area (Å²) in [6, 6.07) is 10.4. The number of hydrogen-bond acceptors (Lipinski definition) is 2. The molecule has 1 N–H and O–H groups in total. The van der Waals surface area contributed by atoms with Gasteiger partial charge in [0.2, 0.25) is 5.91 Å². The molecule has 4 heteroatoms. The number of H-pyrrole nitrogens is 1. The molecule has 1 unspecified atom stereocenters. The Balaban J connectivity index is 1.80. The van der Waals surface area contributed by atoms with Crippen LogP contribution < -0.4 is 0 Å². The number of aromatic nitrogens is 2. The van der Waals surface area contributed by atoms with Gasteiger partial charge >= 0.3 is 0 Å². The Morgan fingerprint density at radius 3 is 2.70 bits per heavy atom. The molecule has 0 radical (unpaired) electrons. The lowest BCUT2D eigenvalue weighted by molar-refractivity contribution is -0.129. The summed E-state index contributed by atoms with van der Waals surface area (Å²) in [5.74, 6) is 1.32. The number of hydrogen-bond donors (Lipinski definition) is 1. The van der Waals surface area contributed by atoms with Gasteiger partial charge in [-0.1, -0.05) is 30.3 Å². The van der Waals surface area contributed by atoms with Crippen LogP contribution in [0.5, 0.6) is 0 Å². The summed E-state index contributed by atoms with van der Waals surface area (Å²) in [5, 5.41) is 0. The van der Waals surface area contributed by atoms with Crippen molar-refractivity contribution < 1.29 is 4.79 Å². The number of imidazole rings is 1. The summed E-state index contributed by atoms with van der Waals surface area (Å²) in [4.78, 5) is 21.7. The van der Waals surface area contributed by atoms with E-state index >= 15 is 0 Å². The monoisotopic (exact) mass is 269 g/mol. The highest BCUT2D eigenvalue weighted by atomic mass is 16.2. The van der Waals surface area contributed by atoms with Crippen LogP contribution in [-0.2, 0) is 4.79 Å². The fraction of sp³-hybridized carbons (Fsp3) is 0.375. The third kappa shape index (κ3) is 2.33. The number of nitrogens with zero attached hydrogens (tertiary/aromatic N) is 2. The summed E-state index contributed by atoms with van der Waals surface area (Å²) in [7, 11) is 0. The Labute approximate surface area is 118 Å². The first-order valence-electron chi connectivity index (χ1n) is 7.05. The van der Waals surface area contributed by atoms with Crippen LogP contribution in [0, 0.1) is 0 Å². The number of amides is 1. The smallest absolute Gasteiger partial charge is 0.223 e. The Hall–Kier alpha value is -2.10. The zero-order valence-electron chi connectivity index (χ0n) is 11.8. The van der Waals surface area contributed by atoms with Gasteiger partial charge in [0, 0.05) is 24.9 Å². The molecule has 2 heterocycles. The molecule has 4 nitrogen and oxygen atoms in total. The number of carbonyl (C=O) groups excluding carboxylic acids is 1. The highest BCUT2D eigenvalue weighted by Gasteiger charge is 2.33. The molecule has 1 aromatic heterocycles. The number of carbonyl (C=O) groups is 1. The second-order valence-corrected chi connectivity index (χ2v) is 5.59. The van der Waals surface area contributed by atoms with Crippen molar-refractivity contribution >= 4 is 5.91 Å². The number of likely N-dealkylation sites (tertiary alicyclic amines) is 1. The number of aromatic amines is 1. The highest BCUT2D eigenvalue weighted by Crippen LogP contribution is 2.29. The molecular weight excluding hydrogens is 250 g/mol. The molecule has 1 saturated heterocycles. The van der Waals surface area contributed by atoms with Crippen molar-refractivity contribution in [2.24, 2.45) is 0 Å². The summed E-state index contributed by atoms with van der Waals surface area (Å²) >= 11 is 0. The number of nitrogens with one attached hydrogen (secondary N) is 1. The molecular formula is C16H19N3O. The minimum absolute atomic E-state index is 0.183. The van der Waals surface area contributed by atoms with E-state index in [-0.39, 0.29) is 17.9 Å². The van der Waals surface area contributed by atoms with E-state index in [9.17, 15) is 4.79 Å². The molecule has 0 aliphatic carbocycles. The van der Waals surface area contributed by atoms with E-state index in [2.05, 4.69) is 35.9 Å². The minimum atomic E-state index is 0.183. The Morgan fingerprint density at radius 2 is 2.05 bits per heavy atom. The normalized spacial score (nSPS) is 19.1. The quantitative estimate of drug-likeness (QED) is 0.931. The first-order chi connectivity index (χ1) is 9.65. The fourth-order valence-electron chi connectivity index (χ4n) is 2.72. The maximum absolute atomic E-state index is 12.0. The van der Waals surface area contributed by atoms with Crippen LogP contribution in [0.3, 0.4) is 0 Å². The molecule has 2 aromatic rings. The van der Waals surface area contributed by atoms with E-state index in [1.54, 1.807) is 0 Å². The van der Waals surface area contributed by atoms with Crippen molar-refractivity contribution in [2.75, 3.05) is 6.54 Å². The first-order valence-corrected chi connectivity index (χ1v) is 7.05. The lowest BCUT2D eigenvalue weighted by atomic mass is 10.1. The lowest BCUT2D eigenvalue weighted by Gasteiger charge is -2.20. The van der Waals surface area contributed by atoms with Crippen molar-refractivity contribution in [3.8, 4) is 11.3 Å². The fourth-order valence-corrected chi connectivity index (χ4v) is 2.72. The first kappa shape index (κ1) is 12.9. The molecule has 1 aromatic carbocycles. The van der Waals surface area contributed by atoms with Crippen molar-refractivity contribution in [3.05, 3.63) is 42.4 Å². The van der Waals surface area contributed by atoms with Crippen LogP contribution in [0.25, 0.3) is 11.3 Å². The zero-order valence-corrected chi connectivity index (χ0v) is 11.8. The van der Waals surface area contributed by atoms with Gasteiger partial charge < -0.3 is 9.88 Å². The van der Waals surface area contributed by atoms with Crippen molar-refractivity contribution in [3.63, 3.8) is 0 Å². The summed E-state index contributed by atoms with van der Waals surface area (Å²) in [5.41, 5.74) is 2.13. The topological polar surface area (TPSA) is 49.0 Å². The van der Waals surface area contributed by atoms with Crippen molar-refractivity contribution in [2.45, 2.75) is 32.2 Å². The summed E-state index contributed by atoms with van der Waals surface area (Å²) in [6.07, 6.45) is 2.41. The van der Waals surface area contributed by atoms with E-state index in [4.69, 9.17) is 0 Å². The third-order valence-corrected chi connectivity index (χ3v) is 3.85. The van der Waals surface area contributed by atoms with E-state index < -0.39 is 0 Å². The average molecular weight is 269 g/mol. The van der Waals surface area contributed by atoms with Gasteiger partial charge in [0.15, 0.2) is 0 Å². The second kappa shape index (κ2) is 5.12. The molecule has 1 atom stereocenters. The highest BCUT2D eigenvalue weighted by molar-refractivity contribution is 5.79. The van der Waals surface area contributed by atoms with Crippen LogP contribution in [-0.4, -0.2) is 33.4 Å². The Kier molecular flexibility index (Phi) is 3.30. The van der Waals surface area contributed by atoms with Crippen LogP contribution >= 0.6 is 0 Å². The predicted molar refractivity (Wildman–Crippen MR) is 78.2 cm³/mol. The molecule has 1 aliphatic heterocycles. The van der Waals surface area contributed by atoms with Crippen LogP contribution in [0.2, 0.25) is 0 Å². The van der Waals surface area contributed by atoms with Gasteiger partial charge in [0.25, 0.3) is 0 Å². The van der Waals surface area contributed by atoms with Crippen molar-refractivity contribution in [1.29, 1.82) is 0 Å². The summed E-state index contributed by atoms with van der Waals surface area (Å²) < 4.78 is 0. The second-order valence-electron chi connectivity index (χ2n) is 5.59. The Morgan fingerprint density at radius 1 is 1.30 bits per heavy atom. The molecule has 20 heavy (non-hydrogen) atoms. The largest absolute Gasteiger partial charge is 0.342 e. The van der Waals surface area contributed by atoms with Gasteiger partial charge in [-0.3, -0.25) is 4.79 Å². The molecule has 1 amide bonds. The molecule has 0 bridgehead atoms.